The minimum absolute atomic E-state index is 0.0266. The molecule has 2 aliphatic heterocycles. The van der Waals surface area contributed by atoms with E-state index in [-0.39, 0.29) is 11.9 Å². The first kappa shape index (κ1) is 6.62. The first-order valence-electron chi connectivity index (χ1n) is 4.02. The second-order valence-corrected chi connectivity index (χ2v) is 3.71. The average molecular weight is 142 g/mol. The zero-order valence-electron chi connectivity index (χ0n) is 6.59. The van der Waals surface area contributed by atoms with Crippen molar-refractivity contribution in [2.45, 2.75) is 51.1 Å². The Bertz CT molecular complexity index is 142. The Hall–Kier alpha value is -0.0800. The summed E-state index contributed by atoms with van der Waals surface area (Å²) in [5.41, 5.74) is -0.0266. The van der Waals surface area contributed by atoms with Crippen molar-refractivity contribution in [1.29, 1.82) is 0 Å². The lowest BCUT2D eigenvalue weighted by atomic mass is 9.97. The zero-order chi connectivity index (χ0) is 7.19. The van der Waals surface area contributed by atoms with E-state index in [1.165, 1.54) is 12.8 Å². The summed E-state index contributed by atoms with van der Waals surface area (Å²) in [6, 6.07) is 0. The summed E-state index contributed by atoms with van der Waals surface area (Å²) < 4.78 is 11.2. The van der Waals surface area contributed by atoms with E-state index in [0.29, 0.717) is 6.10 Å². The van der Waals surface area contributed by atoms with Crippen molar-refractivity contribution < 1.29 is 9.47 Å². The lowest BCUT2D eigenvalue weighted by Crippen LogP contribution is -2.32. The van der Waals surface area contributed by atoms with Crippen LogP contribution in [0.15, 0.2) is 0 Å². The van der Waals surface area contributed by atoms with Crippen LogP contribution in [-0.2, 0) is 9.47 Å². The fraction of sp³-hybridized carbons (Fsp3) is 1.00. The van der Waals surface area contributed by atoms with E-state index in [0.717, 1.165) is 6.42 Å². The van der Waals surface area contributed by atoms with Gasteiger partial charge in [-0.05, 0) is 33.1 Å². The minimum atomic E-state index is -0.0266. The Morgan fingerprint density at radius 1 is 1.30 bits per heavy atom. The van der Waals surface area contributed by atoms with Crippen molar-refractivity contribution in [2.24, 2.45) is 0 Å². The Labute approximate surface area is 61.5 Å². The summed E-state index contributed by atoms with van der Waals surface area (Å²) in [7, 11) is 0. The maximum Gasteiger partial charge on any atom is 0.158 e. The molecule has 0 aromatic carbocycles. The van der Waals surface area contributed by atoms with E-state index in [9.17, 15) is 0 Å². The molecule has 0 unspecified atom stereocenters. The van der Waals surface area contributed by atoms with Crippen molar-refractivity contribution in [3.05, 3.63) is 0 Å². The smallest absolute Gasteiger partial charge is 0.158 e. The minimum Gasteiger partial charge on any atom is -0.346 e. The third-order valence-electron chi connectivity index (χ3n) is 2.43. The highest BCUT2D eigenvalue weighted by Gasteiger charge is 2.44. The van der Waals surface area contributed by atoms with Crippen molar-refractivity contribution >= 4 is 0 Å². The molecule has 0 aromatic heterocycles. The fourth-order valence-corrected chi connectivity index (χ4v) is 1.80. The molecule has 2 nitrogen and oxygen atoms in total. The molecule has 2 bridgehead atoms. The van der Waals surface area contributed by atoms with Gasteiger partial charge in [0, 0.05) is 0 Å². The second-order valence-electron chi connectivity index (χ2n) is 3.71. The second kappa shape index (κ2) is 1.95. The number of hydrogen-bond acceptors (Lipinski definition) is 2. The van der Waals surface area contributed by atoms with Gasteiger partial charge < -0.3 is 9.47 Å². The third-order valence-corrected chi connectivity index (χ3v) is 2.43. The van der Waals surface area contributed by atoms with Gasteiger partial charge in [-0.3, -0.25) is 0 Å². The molecule has 2 fully saturated rings. The standard InChI is InChI=1S/C8H14O2/c1-8(2)6-4-3-5-7(9-6)10-8/h6-7H,3-5H2,1-2H3/t6-,7+/m1/s1. The summed E-state index contributed by atoms with van der Waals surface area (Å²) in [6.07, 6.45) is 3.97. The van der Waals surface area contributed by atoms with Gasteiger partial charge in [0.05, 0.1) is 11.7 Å². The summed E-state index contributed by atoms with van der Waals surface area (Å²) in [4.78, 5) is 0. The first-order chi connectivity index (χ1) is 4.68. The molecule has 2 heteroatoms. The molecule has 2 aliphatic rings. The van der Waals surface area contributed by atoms with E-state index in [1.54, 1.807) is 0 Å². The highest BCUT2D eigenvalue weighted by Crippen LogP contribution is 2.38. The van der Waals surface area contributed by atoms with E-state index in [2.05, 4.69) is 13.8 Å². The van der Waals surface area contributed by atoms with Crippen LogP contribution in [0.25, 0.3) is 0 Å². The topological polar surface area (TPSA) is 18.5 Å². The summed E-state index contributed by atoms with van der Waals surface area (Å²) in [5, 5.41) is 0. The molecule has 0 N–H and O–H groups in total. The SMILES string of the molecule is CC1(C)O[C@H]2CCC[C@H]1O2. The van der Waals surface area contributed by atoms with Crippen molar-refractivity contribution in [2.75, 3.05) is 0 Å². The molecular weight excluding hydrogens is 128 g/mol. The van der Waals surface area contributed by atoms with Crippen LogP contribution in [0.1, 0.15) is 33.1 Å². The van der Waals surface area contributed by atoms with Gasteiger partial charge in [0.2, 0.25) is 0 Å². The van der Waals surface area contributed by atoms with Crippen LogP contribution < -0.4 is 0 Å². The Morgan fingerprint density at radius 2 is 2.10 bits per heavy atom. The molecule has 2 atom stereocenters. The van der Waals surface area contributed by atoms with Gasteiger partial charge in [-0.1, -0.05) is 0 Å². The summed E-state index contributed by atoms with van der Waals surface area (Å²) in [6.45, 7) is 4.23. The monoisotopic (exact) mass is 142 g/mol. The zero-order valence-corrected chi connectivity index (χ0v) is 6.59. The van der Waals surface area contributed by atoms with Gasteiger partial charge in [-0.15, -0.1) is 0 Å². The molecule has 0 aromatic rings. The lowest BCUT2D eigenvalue weighted by Gasteiger charge is -2.22. The number of fused-ring (bicyclic) bond motifs is 2. The Morgan fingerprint density at radius 3 is 2.70 bits per heavy atom. The molecular formula is C8H14O2. The maximum atomic E-state index is 5.65. The van der Waals surface area contributed by atoms with Crippen LogP contribution in [0.2, 0.25) is 0 Å². The maximum absolute atomic E-state index is 5.65. The van der Waals surface area contributed by atoms with Crippen molar-refractivity contribution in [1.82, 2.24) is 0 Å². The average Bonchev–Trinajstić information content (AvgIpc) is 2.04. The number of hydrogen-bond donors (Lipinski definition) is 0. The highest BCUT2D eigenvalue weighted by molar-refractivity contribution is 4.89. The predicted octanol–water partition coefficient (Wildman–Crippen LogP) is 1.69. The van der Waals surface area contributed by atoms with Gasteiger partial charge in [0.15, 0.2) is 6.29 Å². The fourth-order valence-electron chi connectivity index (χ4n) is 1.80. The van der Waals surface area contributed by atoms with Crippen molar-refractivity contribution in [3.8, 4) is 0 Å². The number of rotatable bonds is 0. The molecule has 2 rings (SSSR count). The first-order valence-corrected chi connectivity index (χ1v) is 4.02. The van der Waals surface area contributed by atoms with Gasteiger partial charge in [-0.25, -0.2) is 0 Å². The van der Waals surface area contributed by atoms with Gasteiger partial charge >= 0.3 is 0 Å². The molecule has 0 amide bonds. The van der Waals surface area contributed by atoms with Crippen LogP contribution in [0, 0.1) is 0 Å². The quantitative estimate of drug-likeness (QED) is 0.512. The summed E-state index contributed by atoms with van der Waals surface area (Å²) >= 11 is 0. The van der Waals surface area contributed by atoms with E-state index >= 15 is 0 Å². The molecule has 10 heavy (non-hydrogen) atoms. The third kappa shape index (κ3) is 0.867. The molecule has 0 aliphatic carbocycles. The largest absolute Gasteiger partial charge is 0.346 e. The van der Waals surface area contributed by atoms with Crippen LogP contribution in [0.4, 0.5) is 0 Å². The van der Waals surface area contributed by atoms with Crippen LogP contribution in [0.3, 0.4) is 0 Å². The normalized spacial score (nSPS) is 43.8. The van der Waals surface area contributed by atoms with Crippen LogP contribution >= 0.6 is 0 Å². The highest BCUT2D eigenvalue weighted by atomic mass is 16.7. The van der Waals surface area contributed by atoms with Gasteiger partial charge in [-0.2, -0.15) is 0 Å². The summed E-state index contributed by atoms with van der Waals surface area (Å²) in [5.74, 6) is 0. The molecule has 2 heterocycles. The molecule has 0 saturated carbocycles. The predicted molar refractivity (Wildman–Crippen MR) is 37.7 cm³/mol. The van der Waals surface area contributed by atoms with Gasteiger partial charge in [0.25, 0.3) is 0 Å². The van der Waals surface area contributed by atoms with E-state index < -0.39 is 0 Å². The van der Waals surface area contributed by atoms with Crippen LogP contribution in [0.5, 0.6) is 0 Å². The lowest BCUT2D eigenvalue weighted by molar-refractivity contribution is -0.0948. The Kier molecular flexibility index (Phi) is 1.29. The molecule has 0 spiro atoms. The molecule has 58 valence electrons. The van der Waals surface area contributed by atoms with Crippen LogP contribution in [-0.4, -0.2) is 18.0 Å². The number of ether oxygens (including phenoxy) is 2. The van der Waals surface area contributed by atoms with Crippen molar-refractivity contribution in [3.63, 3.8) is 0 Å². The molecule has 2 saturated heterocycles. The van der Waals surface area contributed by atoms with E-state index in [1.807, 2.05) is 0 Å². The molecule has 0 radical (unpaired) electrons. The Balaban J connectivity index is 2.15. The van der Waals surface area contributed by atoms with Gasteiger partial charge in [0.1, 0.15) is 0 Å². The van der Waals surface area contributed by atoms with E-state index in [4.69, 9.17) is 9.47 Å².